The number of carbonyl (C=O) groups is 2. The Morgan fingerprint density at radius 2 is 1.95 bits per heavy atom. The van der Waals surface area contributed by atoms with Crippen LogP contribution >= 0.6 is 0 Å². The molecule has 7 nitrogen and oxygen atoms in total. The molecule has 2 rings (SSSR count). The quantitative estimate of drug-likeness (QED) is 0.839. The molecule has 0 saturated carbocycles. The predicted molar refractivity (Wildman–Crippen MR) is 74.3 cm³/mol. The van der Waals surface area contributed by atoms with Gasteiger partial charge in [-0.05, 0) is 17.7 Å². The van der Waals surface area contributed by atoms with Gasteiger partial charge in [0.1, 0.15) is 13.2 Å². The molecule has 0 saturated heterocycles. The molecule has 0 bridgehead atoms. The molecule has 7 heteroatoms. The third-order valence-corrected chi connectivity index (χ3v) is 2.90. The van der Waals surface area contributed by atoms with Crippen molar-refractivity contribution in [1.29, 1.82) is 0 Å². The molecule has 0 aliphatic carbocycles. The number of ether oxygens (including phenoxy) is 3. The van der Waals surface area contributed by atoms with E-state index < -0.39 is 6.09 Å². The Balaban J connectivity index is 1.75. The van der Waals surface area contributed by atoms with Crippen LogP contribution in [0, 0.1) is 0 Å². The third-order valence-electron chi connectivity index (χ3n) is 2.90. The second kappa shape index (κ2) is 7.37. The first-order chi connectivity index (χ1) is 10.2. The lowest BCUT2D eigenvalue weighted by atomic mass is 10.2. The van der Waals surface area contributed by atoms with Crippen LogP contribution in [0.2, 0.25) is 0 Å². The van der Waals surface area contributed by atoms with Crippen LogP contribution in [0.15, 0.2) is 18.2 Å². The van der Waals surface area contributed by atoms with E-state index in [0.717, 1.165) is 11.3 Å². The fourth-order valence-electron chi connectivity index (χ4n) is 1.84. The van der Waals surface area contributed by atoms with Crippen LogP contribution in [-0.2, 0) is 16.1 Å². The second-order valence-corrected chi connectivity index (χ2v) is 4.42. The van der Waals surface area contributed by atoms with Gasteiger partial charge in [-0.15, -0.1) is 0 Å². The molecule has 1 aromatic carbocycles. The van der Waals surface area contributed by atoms with E-state index in [-0.39, 0.29) is 18.9 Å². The summed E-state index contributed by atoms with van der Waals surface area (Å²) >= 11 is 0. The van der Waals surface area contributed by atoms with Gasteiger partial charge in [-0.1, -0.05) is 6.07 Å². The summed E-state index contributed by atoms with van der Waals surface area (Å²) in [6.07, 6.45) is -0.353. The molecule has 1 aliphatic rings. The standard InChI is InChI=1S/C14H18N2O5/c1-19-14(18)15-5-4-13(17)16-9-10-2-3-11-12(8-10)21-7-6-20-11/h2-3,8H,4-7,9H2,1H3,(H,15,18)(H,16,17). The number of carbonyl (C=O) groups excluding carboxylic acids is 2. The lowest BCUT2D eigenvalue weighted by Crippen LogP contribution is -2.30. The first-order valence-corrected chi connectivity index (χ1v) is 6.66. The minimum atomic E-state index is -0.547. The van der Waals surface area contributed by atoms with Crippen molar-refractivity contribution < 1.29 is 23.8 Å². The highest BCUT2D eigenvalue weighted by Crippen LogP contribution is 2.30. The molecule has 0 aromatic heterocycles. The van der Waals surface area contributed by atoms with Crippen molar-refractivity contribution in [1.82, 2.24) is 10.6 Å². The summed E-state index contributed by atoms with van der Waals surface area (Å²) < 4.78 is 15.3. The second-order valence-electron chi connectivity index (χ2n) is 4.42. The van der Waals surface area contributed by atoms with Gasteiger partial charge < -0.3 is 24.8 Å². The maximum Gasteiger partial charge on any atom is 0.406 e. The molecule has 1 aromatic rings. The lowest BCUT2D eigenvalue weighted by Gasteiger charge is -2.19. The number of hydrogen-bond donors (Lipinski definition) is 2. The van der Waals surface area contributed by atoms with Crippen LogP contribution < -0.4 is 20.1 Å². The van der Waals surface area contributed by atoms with Gasteiger partial charge in [0.25, 0.3) is 0 Å². The molecular weight excluding hydrogens is 276 g/mol. The summed E-state index contributed by atoms with van der Waals surface area (Å²) in [6.45, 7) is 1.71. The predicted octanol–water partition coefficient (Wildman–Crippen LogP) is 0.820. The maximum absolute atomic E-state index is 11.6. The molecule has 2 amide bonds. The number of amides is 2. The normalized spacial score (nSPS) is 12.4. The van der Waals surface area contributed by atoms with Gasteiger partial charge in [0.15, 0.2) is 11.5 Å². The van der Waals surface area contributed by atoms with Gasteiger partial charge in [-0.25, -0.2) is 4.79 Å². The summed E-state index contributed by atoms with van der Waals surface area (Å²) in [5.41, 5.74) is 0.925. The molecule has 0 fully saturated rings. The van der Waals surface area contributed by atoms with Crippen molar-refractivity contribution in [3.05, 3.63) is 23.8 Å². The van der Waals surface area contributed by atoms with Crippen molar-refractivity contribution in [2.45, 2.75) is 13.0 Å². The zero-order chi connectivity index (χ0) is 15.1. The summed E-state index contributed by atoms with van der Waals surface area (Å²) in [6, 6.07) is 5.55. The van der Waals surface area contributed by atoms with E-state index in [9.17, 15) is 9.59 Å². The number of benzene rings is 1. The molecule has 1 aliphatic heterocycles. The molecule has 0 atom stereocenters. The smallest absolute Gasteiger partial charge is 0.406 e. The first kappa shape index (κ1) is 15.0. The van der Waals surface area contributed by atoms with E-state index in [1.165, 1.54) is 7.11 Å². The van der Waals surface area contributed by atoms with Crippen molar-refractivity contribution in [2.24, 2.45) is 0 Å². The van der Waals surface area contributed by atoms with Crippen LogP contribution in [0.25, 0.3) is 0 Å². The number of alkyl carbamates (subject to hydrolysis) is 1. The Bertz CT molecular complexity index is 518. The highest BCUT2D eigenvalue weighted by Gasteiger charge is 2.12. The van der Waals surface area contributed by atoms with Crippen LogP contribution in [0.5, 0.6) is 11.5 Å². The number of nitrogens with one attached hydrogen (secondary N) is 2. The number of fused-ring (bicyclic) bond motifs is 1. The topological polar surface area (TPSA) is 85.9 Å². The minimum Gasteiger partial charge on any atom is -0.486 e. The molecule has 1 heterocycles. The van der Waals surface area contributed by atoms with Gasteiger partial charge in [0.2, 0.25) is 5.91 Å². The van der Waals surface area contributed by atoms with Crippen molar-refractivity contribution in [3.8, 4) is 11.5 Å². The number of hydrogen-bond acceptors (Lipinski definition) is 5. The Kier molecular flexibility index (Phi) is 5.25. The van der Waals surface area contributed by atoms with Crippen LogP contribution in [0.1, 0.15) is 12.0 Å². The summed E-state index contributed by atoms with van der Waals surface area (Å²) in [5.74, 6) is 1.26. The van der Waals surface area contributed by atoms with Gasteiger partial charge in [0.05, 0.1) is 7.11 Å². The van der Waals surface area contributed by atoms with Crippen LogP contribution in [0.4, 0.5) is 4.79 Å². The van der Waals surface area contributed by atoms with E-state index in [1.807, 2.05) is 18.2 Å². The van der Waals surface area contributed by atoms with E-state index in [0.29, 0.717) is 25.5 Å². The Hall–Kier alpha value is -2.44. The molecule has 0 unspecified atom stereocenters. The SMILES string of the molecule is COC(=O)NCCC(=O)NCc1ccc2c(c1)OCCO2. The molecule has 0 spiro atoms. The van der Waals surface area contributed by atoms with E-state index >= 15 is 0 Å². The average molecular weight is 294 g/mol. The summed E-state index contributed by atoms with van der Waals surface area (Å²) in [4.78, 5) is 22.4. The van der Waals surface area contributed by atoms with Gasteiger partial charge in [0, 0.05) is 19.5 Å². The van der Waals surface area contributed by atoms with Crippen LogP contribution in [0.3, 0.4) is 0 Å². The molecule has 2 N–H and O–H groups in total. The first-order valence-electron chi connectivity index (χ1n) is 6.66. The van der Waals surface area contributed by atoms with Crippen molar-refractivity contribution >= 4 is 12.0 Å². The Morgan fingerprint density at radius 3 is 2.71 bits per heavy atom. The average Bonchev–Trinajstić information content (AvgIpc) is 2.52. The summed E-state index contributed by atoms with van der Waals surface area (Å²) in [5, 5.41) is 5.21. The zero-order valence-corrected chi connectivity index (χ0v) is 11.8. The van der Waals surface area contributed by atoms with Crippen molar-refractivity contribution in [3.63, 3.8) is 0 Å². The fraction of sp³-hybridized carbons (Fsp3) is 0.429. The summed E-state index contributed by atoms with van der Waals surface area (Å²) in [7, 11) is 1.28. The highest BCUT2D eigenvalue weighted by atomic mass is 16.6. The van der Waals surface area contributed by atoms with Gasteiger partial charge in [-0.3, -0.25) is 4.79 Å². The fourth-order valence-corrected chi connectivity index (χ4v) is 1.84. The zero-order valence-electron chi connectivity index (χ0n) is 11.8. The Morgan fingerprint density at radius 1 is 1.19 bits per heavy atom. The van der Waals surface area contributed by atoms with Gasteiger partial charge in [-0.2, -0.15) is 0 Å². The van der Waals surface area contributed by atoms with Gasteiger partial charge >= 0.3 is 6.09 Å². The molecular formula is C14H18N2O5. The van der Waals surface area contributed by atoms with Crippen molar-refractivity contribution in [2.75, 3.05) is 26.9 Å². The molecule has 21 heavy (non-hydrogen) atoms. The lowest BCUT2D eigenvalue weighted by molar-refractivity contribution is -0.121. The Labute approximate surface area is 122 Å². The minimum absolute atomic E-state index is 0.152. The molecule has 114 valence electrons. The monoisotopic (exact) mass is 294 g/mol. The third kappa shape index (κ3) is 4.55. The molecule has 0 radical (unpaired) electrons. The van der Waals surface area contributed by atoms with E-state index in [1.54, 1.807) is 0 Å². The van der Waals surface area contributed by atoms with Crippen LogP contribution in [-0.4, -0.2) is 38.9 Å². The van der Waals surface area contributed by atoms with E-state index in [4.69, 9.17) is 9.47 Å². The number of rotatable bonds is 5. The van der Waals surface area contributed by atoms with E-state index in [2.05, 4.69) is 15.4 Å². The number of methoxy groups -OCH3 is 1. The maximum atomic E-state index is 11.6. The highest BCUT2D eigenvalue weighted by molar-refractivity contribution is 5.77. The largest absolute Gasteiger partial charge is 0.486 e.